The van der Waals surface area contributed by atoms with E-state index in [1.54, 1.807) is 0 Å². The minimum Gasteiger partial charge on any atom is -0.324 e. The zero-order valence-electron chi connectivity index (χ0n) is 7.97. The first kappa shape index (κ1) is 15.5. The number of nitro groups is 4. The van der Waals surface area contributed by atoms with Gasteiger partial charge < -0.3 is 10.2 Å². The number of hydrogen-bond donors (Lipinski definition) is 3. The largest absolute Gasteiger partial charge is 0.685 e. The molecule has 0 aliphatic heterocycles. The van der Waals surface area contributed by atoms with E-state index in [0.29, 0.717) is 0 Å². The van der Waals surface area contributed by atoms with E-state index in [1.807, 2.05) is 0 Å². The van der Waals surface area contributed by atoms with Gasteiger partial charge in [-0.25, -0.2) is 0 Å². The second-order valence-corrected chi connectivity index (χ2v) is 2.79. The van der Waals surface area contributed by atoms with Crippen molar-refractivity contribution < 1.29 is 35.0 Å². The van der Waals surface area contributed by atoms with Gasteiger partial charge in [-0.2, -0.15) is 0 Å². The Morgan fingerprint density at radius 2 is 1.17 bits per heavy atom. The lowest BCUT2D eigenvalue weighted by Gasteiger charge is -2.20. The number of aliphatic hydroxyl groups is 3. The summed E-state index contributed by atoms with van der Waals surface area (Å²) in [5.41, 5.74) is -4.89. The number of rotatable bonds is 6. The molecule has 0 rings (SSSR count). The first-order chi connectivity index (χ1) is 7.93. The lowest BCUT2D eigenvalue weighted by Crippen LogP contribution is -2.74. The van der Waals surface area contributed by atoms with Crippen LogP contribution in [0.5, 0.6) is 0 Å². The summed E-state index contributed by atoms with van der Waals surface area (Å²) < 4.78 is 0. The first-order valence-electron chi connectivity index (χ1n) is 3.63. The van der Waals surface area contributed by atoms with Crippen LogP contribution in [0.3, 0.4) is 0 Å². The van der Waals surface area contributed by atoms with Crippen molar-refractivity contribution in [2.45, 2.75) is 17.8 Å². The Morgan fingerprint density at radius 1 is 0.833 bits per heavy atom. The molecule has 0 aliphatic carbocycles. The molecule has 0 fully saturated rings. The van der Waals surface area contributed by atoms with Crippen molar-refractivity contribution in [1.82, 2.24) is 0 Å². The van der Waals surface area contributed by atoms with Gasteiger partial charge in [0.2, 0.25) is 0 Å². The van der Waals surface area contributed by atoms with Gasteiger partial charge in [-0.1, -0.05) is 0 Å². The quantitative estimate of drug-likeness (QED) is 0.246. The maximum Gasteiger partial charge on any atom is 0.685 e. The van der Waals surface area contributed by atoms with Crippen LogP contribution in [0, 0.1) is 40.5 Å². The topological polar surface area (TPSA) is 233 Å². The highest BCUT2D eigenvalue weighted by Crippen LogP contribution is 2.28. The SMILES string of the molecule is O=[N+]([O-])C(O)C(O)([N+](=O)[O-])C(O)([N+](=O)[O-])[N+](=O)[O-]. The standard InChI is InChI=1S/C3H4N4O11/c8-1(4(11)12)2(9,5(13)14)3(10,6(15)16)7(17)18/h1,8-10H. The third kappa shape index (κ3) is 1.77. The van der Waals surface area contributed by atoms with Crippen molar-refractivity contribution in [2.24, 2.45) is 0 Å². The summed E-state index contributed by atoms with van der Waals surface area (Å²) >= 11 is 0. The molecule has 0 aliphatic rings. The molecule has 0 aromatic rings. The van der Waals surface area contributed by atoms with Crippen molar-refractivity contribution >= 4 is 0 Å². The Kier molecular flexibility index (Phi) is 3.78. The monoisotopic (exact) mass is 272 g/mol. The minimum atomic E-state index is -5.01. The van der Waals surface area contributed by atoms with Gasteiger partial charge in [-0.3, -0.25) is 45.6 Å². The molecule has 3 N–H and O–H groups in total. The molecule has 0 saturated carbocycles. The third-order valence-electron chi connectivity index (χ3n) is 1.84. The number of aliphatic hydroxyl groups excluding tert-OH is 1. The molecule has 0 bridgehead atoms. The predicted octanol–water partition coefficient (Wildman–Crippen LogP) is -3.25. The van der Waals surface area contributed by atoms with Crippen LogP contribution in [0.1, 0.15) is 0 Å². The molecule has 0 amide bonds. The van der Waals surface area contributed by atoms with Crippen LogP contribution in [0.25, 0.3) is 0 Å². The van der Waals surface area contributed by atoms with Crippen molar-refractivity contribution in [3.05, 3.63) is 40.5 Å². The highest BCUT2D eigenvalue weighted by Gasteiger charge is 2.90. The number of nitrogens with zero attached hydrogens (tertiary/aromatic N) is 4. The lowest BCUT2D eigenvalue weighted by atomic mass is 10.1. The van der Waals surface area contributed by atoms with Crippen LogP contribution >= 0.6 is 0 Å². The Morgan fingerprint density at radius 3 is 1.33 bits per heavy atom. The Labute approximate surface area is 94.5 Å². The second-order valence-electron chi connectivity index (χ2n) is 2.79. The van der Waals surface area contributed by atoms with Gasteiger partial charge in [0.1, 0.15) is 9.85 Å². The third-order valence-corrected chi connectivity index (χ3v) is 1.84. The van der Waals surface area contributed by atoms with E-state index in [2.05, 4.69) is 0 Å². The minimum absolute atomic E-state index is 2.01. The van der Waals surface area contributed by atoms with Crippen LogP contribution in [-0.2, 0) is 0 Å². The fourth-order valence-corrected chi connectivity index (χ4v) is 0.872. The van der Waals surface area contributed by atoms with Crippen molar-refractivity contribution in [2.75, 3.05) is 0 Å². The van der Waals surface area contributed by atoms with E-state index in [9.17, 15) is 40.5 Å². The first-order valence-corrected chi connectivity index (χ1v) is 3.63. The van der Waals surface area contributed by atoms with Gasteiger partial charge in [-0.15, -0.1) is 0 Å². The van der Waals surface area contributed by atoms with Gasteiger partial charge in [0.15, 0.2) is 0 Å². The van der Waals surface area contributed by atoms with Crippen LogP contribution < -0.4 is 0 Å². The lowest BCUT2D eigenvalue weighted by molar-refractivity contribution is -0.931. The van der Waals surface area contributed by atoms with Crippen molar-refractivity contribution in [3.63, 3.8) is 0 Å². The van der Waals surface area contributed by atoms with Crippen LogP contribution in [0.4, 0.5) is 0 Å². The highest BCUT2D eigenvalue weighted by molar-refractivity contribution is 4.78. The molecule has 0 aromatic heterocycles. The smallest absolute Gasteiger partial charge is 0.324 e. The molecule has 0 spiro atoms. The van der Waals surface area contributed by atoms with E-state index < -0.39 is 37.5 Å². The van der Waals surface area contributed by atoms with Gasteiger partial charge in [0.25, 0.3) is 0 Å². The predicted molar refractivity (Wildman–Crippen MR) is 43.9 cm³/mol. The summed E-state index contributed by atoms with van der Waals surface area (Å²) in [6.45, 7) is 0. The van der Waals surface area contributed by atoms with Gasteiger partial charge in [-0.05, 0) is 0 Å². The molecule has 0 heterocycles. The van der Waals surface area contributed by atoms with E-state index >= 15 is 0 Å². The molecule has 102 valence electrons. The average molecular weight is 272 g/mol. The Bertz CT molecular complexity index is 405. The highest BCUT2D eigenvalue weighted by atomic mass is 16.8. The second kappa shape index (κ2) is 4.39. The summed E-state index contributed by atoms with van der Waals surface area (Å²) in [5.74, 6) is -5.01. The molecule has 0 radical (unpaired) electrons. The van der Waals surface area contributed by atoms with E-state index in [1.165, 1.54) is 0 Å². The summed E-state index contributed by atoms with van der Waals surface area (Å²) in [6.07, 6.45) is -3.81. The summed E-state index contributed by atoms with van der Waals surface area (Å²) in [7, 11) is 0. The molecular weight excluding hydrogens is 268 g/mol. The molecule has 0 aromatic carbocycles. The van der Waals surface area contributed by atoms with Crippen LogP contribution in [0.15, 0.2) is 0 Å². The summed E-state index contributed by atoms with van der Waals surface area (Å²) in [4.78, 5) is 31.9. The van der Waals surface area contributed by atoms with Gasteiger partial charge >= 0.3 is 17.8 Å². The maximum atomic E-state index is 10.3. The van der Waals surface area contributed by atoms with Crippen LogP contribution in [0.2, 0.25) is 0 Å². The van der Waals surface area contributed by atoms with E-state index in [0.717, 1.165) is 0 Å². The van der Waals surface area contributed by atoms with Gasteiger partial charge in [0.05, 0.1) is 9.85 Å². The van der Waals surface area contributed by atoms with Crippen molar-refractivity contribution in [1.29, 1.82) is 0 Å². The Balaban J connectivity index is 6.19. The maximum absolute atomic E-state index is 10.3. The Hall–Kier alpha value is -2.52. The summed E-state index contributed by atoms with van der Waals surface area (Å²) in [6, 6.07) is 0. The molecule has 2 unspecified atom stereocenters. The number of hydrogen-bond acceptors (Lipinski definition) is 11. The van der Waals surface area contributed by atoms with Crippen molar-refractivity contribution in [3.8, 4) is 0 Å². The molecule has 18 heavy (non-hydrogen) atoms. The molecule has 15 nitrogen and oxygen atoms in total. The summed E-state index contributed by atoms with van der Waals surface area (Å²) in [5, 5.41) is 67.6. The molecule has 0 saturated heterocycles. The molecular formula is C3H4N4O11. The van der Waals surface area contributed by atoms with E-state index in [4.69, 9.17) is 15.3 Å². The normalized spacial score (nSPS) is 16.4. The van der Waals surface area contributed by atoms with Crippen LogP contribution in [-0.4, -0.2) is 52.8 Å². The zero-order chi connectivity index (χ0) is 14.9. The average Bonchev–Trinajstić information content (AvgIpc) is 2.24. The fraction of sp³-hybridized carbons (Fsp3) is 1.00. The molecule has 2 atom stereocenters. The van der Waals surface area contributed by atoms with E-state index in [-0.39, 0.29) is 0 Å². The zero-order valence-corrected chi connectivity index (χ0v) is 7.97. The fourth-order valence-electron chi connectivity index (χ4n) is 0.872. The van der Waals surface area contributed by atoms with Gasteiger partial charge in [0, 0.05) is 0 Å². The molecule has 15 heteroatoms.